The molecule has 0 saturated heterocycles. The van der Waals surface area contributed by atoms with Crippen LogP contribution in [0.4, 0.5) is 5.69 Å². The van der Waals surface area contributed by atoms with Gasteiger partial charge in [-0.05, 0) is 38.1 Å². The predicted octanol–water partition coefficient (Wildman–Crippen LogP) is 3.44. The Bertz CT molecular complexity index is 994. The molecule has 2 aromatic carbocycles. The van der Waals surface area contributed by atoms with Crippen molar-refractivity contribution in [1.82, 2.24) is 4.57 Å². The van der Waals surface area contributed by atoms with E-state index >= 15 is 0 Å². The second-order valence-electron chi connectivity index (χ2n) is 6.01. The van der Waals surface area contributed by atoms with Gasteiger partial charge in [-0.25, -0.2) is 4.79 Å². The lowest BCUT2D eigenvalue weighted by molar-refractivity contribution is 0.102. The fourth-order valence-electron chi connectivity index (χ4n) is 2.87. The Hall–Kier alpha value is -3.22. The molecule has 0 radical (unpaired) electrons. The Morgan fingerprint density at radius 1 is 1.12 bits per heavy atom. The first-order valence-corrected chi connectivity index (χ1v) is 8.13. The van der Waals surface area contributed by atoms with E-state index in [1.165, 1.54) is 14.2 Å². The molecule has 0 atom stereocenters. The minimum atomic E-state index is -0.426. The van der Waals surface area contributed by atoms with Crippen LogP contribution in [-0.4, -0.2) is 24.7 Å². The van der Waals surface area contributed by atoms with Crippen molar-refractivity contribution in [2.24, 2.45) is 0 Å². The summed E-state index contributed by atoms with van der Waals surface area (Å²) in [5, 5.41) is 2.79. The first-order valence-electron chi connectivity index (χ1n) is 8.13. The van der Waals surface area contributed by atoms with E-state index in [0.717, 1.165) is 0 Å². The lowest BCUT2D eigenvalue weighted by Crippen LogP contribution is -2.16. The highest BCUT2D eigenvalue weighted by Gasteiger charge is 2.19. The molecule has 3 rings (SSSR count). The molecule has 3 aromatic rings. The number of nitrogens with one attached hydrogen (secondary N) is 1. The van der Waals surface area contributed by atoms with Gasteiger partial charge in [-0.1, -0.05) is 6.07 Å². The van der Waals surface area contributed by atoms with Crippen molar-refractivity contribution in [3.05, 3.63) is 52.5 Å². The number of hydrogen-bond acceptors (Lipinski definition) is 5. The van der Waals surface area contributed by atoms with Crippen molar-refractivity contribution in [3.8, 4) is 11.5 Å². The second kappa shape index (κ2) is 6.95. The molecule has 0 spiro atoms. The highest BCUT2D eigenvalue weighted by Crippen LogP contribution is 2.29. The number of methoxy groups -OCH3 is 2. The third-order valence-corrected chi connectivity index (χ3v) is 4.04. The first-order chi connectivity index (χ1) is 12.5. The smallest absolute Gasteiger partial charge is 0.420 e. The summed E-state index contributed by atoms with van der Waals surface area (Å²) in [6.07, 6.45) is 0. The highest BCUT2D eigenvalue weighted by molar-refractivity contribution is 6.08. The van der Waals surface area contributed by atoms with Gasteiger partial charge in [0.15, 0.2) is 5.58 Å². The number of aromatic nitrogens is 1. The average molecular weight is 356 g/mol. The topological polar surface area (TPSA) is 82.7 Å². The van der Waals surface area contributed by atoms with Crippen molar-refractivity contribution in [1.29, 1.82) is 0 Å². The molecular weight excluding hydrogens is 336 g/mol. The number of hydrogen-bond donors (Lipinski definition) is 1. The number of ether oxygens (including phenoxy) is 2. The van der Waals surface area contributed by atoms with Gasteiger partial charge in [0.05, 0.1) is 19.7 Å². The molecule has 0 fully saturated rings. The summed E-state index contributed by atoms with van der Waals surface area (Å²) in [5.74, 6) is -0.00463. The van der Waals surface area contributed by atoms with Crippen LogP contribution in [0.2, 0.25) is 0 Å². The molecule has 26 heavy (non-hydrogen) atoms. The Kier molecular flexibility index (Phi) is 4.71. The molecule has 1 amide bonds. The molecule has 0 aliphatic carbocycles. The maximum Gasteiger partial charge on any atom is 0.420 e. The van der Waals surface area contributed by atoms with Crippen LogP contribution in [0.5, 0.6) is 11.5 Å². The van der Waals surface area contributed by atoms with E-state index in [1.807, 2.05) is 13.8 Å². The van der Waals surface area contributed by atoms with Gasteiger partial charge < -0.3 is 19.2 Å². The maximum atomic E-state index is 12.7. The Balaban J connectivity index is 1.97. The summed E-state index contributed by atoms with van der Waals surface area (Å²) in [6, 6.07) is 10.2. The molecule has 136 valence electrons. The molecule has 7 heteroatoms. The minimum absolute atomic E-state index is 0.0259. The number of carbonyl (C=O) groups excluding carboxylic acids is 1. The van der Waals surface area contributed by atoms with Crippen LogP contribution in [0, 0.1) is 0 Å². The van der Waals surface area contributed by atoms with E-state index in [-0.39, 0.29) is 11.9 Å². The monoisotopic (exact) mass is 356 g/mol. The van der Waals surface area contributed by atoms with Crippen LogP contribution in [0.15, 0.2) is 45.6 Å². The summed E-state index contributed by atoms with van der Waals surface area (Å²) < 4.78 is 17.4. The first kappa shape index (κ1) is 17.6. The number of benzene rings is 2. The van der Waals surface area contributed by atoms with Crippen LogP contribution in [0.25, 0.3) is 11.1 Å². The molecule has 1 N–H and O–H groups in total. The fraction of sp³-hybridized carbons (Fsp3) is 0.263. The van der Waals surface area contributed by atoms with Crippen LogP contribution >= 0.6 is 0 Å². The molecule has 7 nitrogen and oxygen atoms in total. The third-order valence-electron chi connectivity index (χ3n) is 4.04. The van der Waals surface area contributed by atoms with Crippen molar-refractivity contribution in [2.45, 2.75) is 19.9 Å². The molecule has 1 heterocycles. The predicted molar refractivity (Wildman–Crippen MR) is 98.4 cm³/mol. The number of anilines is 1. The Labute approximate surface area is 150 Å². The zero-order valence-corrected chi connectivity index (χ0v) is 15.0. The van der Waals surface area contributed by atoms with Gasteiger partial charge in [0.1, 0.15) is 17.1 Å². The maximum absolute atomic E-state index is 12.7. The summed E-state index contributed by atoms with van der Waals surface area (Å²) in [6.45, 7) is 3.81. The van der Waals surface area contributed by atoms with E-state index in [0.29, 0.717) is 33.8 Å². The van der Waals surface area contributed by atoms with Crippen molar-refractivity contribution >= 4 is 22.7 Å². The molecule has 0 aliphatic heterocycles. The number of fused-ring (bicyclic) bond motifs is 1. The number of rotatable bonds is 5. The van der Waals surface area contributed by atoms with Crippen molar-refractivity contribution in [2.75, 3.05) is 19.5 Å². The van der Waals surface area contributed by atoms with E-state index in [2.05, 4.69) is 5.32 Å². The van der Waals surface area contributed by atoms with Crippen LogP contribution < -0.4 is 20.5 Å². The Morgan fingerprint density at radius 3 is 2.35 bits per heavy atom. The number of carbonyl (C=O) groups is 1. The molecule has 0 unspecified atom stereocenters. The van der Waals surface area contributed by atoms with Gasteiger partial charge in [0.25, 0.3) is 5.91 Å². The number of nitrogens with zero attached hydrogens (tertiary/aromatic N) is 1. The van der Waals surface area contributed by atoms with Gasteiger partial charge in [-0.3, -0.25) is 9.36 Å². The molecule has 0 saturated carbocycles. The van der Waals surface area contributed by atoms with E-state index in [1.54, 1.807) is 41.0 Å². The SMILES string of the molecule is COc1cccc(OC)c1C(=O)Nc1ccc2c(c1)oc(=O)n2C(C)C. The zero-order valence-electron chi connectivity index (χ0n) is 15.0. The van der Waals surface area contributed by atoms with E-state index in [9.17, 15) is 9.59 Å². The van der Waals surface area contributed by atoms with Crippen LogP contribution in [-0.2, 0) is 0 Å². The molecule has 0 bridgehead atoms. The van der Waals surface area contributed by atoms with Gasteiger partial charge in [0.2, 0.25) is 0 Å². The van der Waals surface area contributed by atoms with Gasteiger partial charge in [-0.2, -0.15) is 0 Å². The van der Waals surface area contributed by atoms with E-state index in [4.69, 9.17) is 13.9 Å². The van der Waals surface area contributed by atoms with Gasteiger partial charge in [0, 0.05) is 17.8 Å². The second-order valence-corrected chi connectivity index (χ2v) is 6.01. The fourth-order valence-corrected chi connectivity index (χ4v) is 2.87. The largest absolute Gasteiger partial charge is 0.496 e. The number of oxazole rings is 1. The summed E-state index contributed by atoms with van der Waals surface area (Å²) >= 11 is 0. The zero-order chi connectivity index (χ0) is 18.8. The van der Waals surface area contributed by atoms with E-state index < -0.39 is 5.76 Å². The van der Waals surface area contributed by atoms with Crippen molar-refractivity contribution in [3.63, 3.8) is 0 Å². The van der Waals surface area contributed by atoms with Crippen LogP contribution in [0.3, 0.4) is 0 Å². The summed E-state index contributed by atoms with van der Waals surface area (Å²) in [7, 11) is 2.97. The van der Waals surface area contributed by atoms with Crippen molar-refractivity contribution < 1.29 is 18.7 Å². The van der Waals surface area contributed by atoms with Crippen LogP contribution in [0.1, 0.15) is 30.2 Å². The standard InChI is InChI=1S/C19H20N2O5/c1-11(2)21-13-9-8-12(10-16(13)26-19(21)23)20-18(22)17-14(24-3)6-5-7-15(17)25-4/h5-11H,1-4H3,(H,20,22). The Morgan fingerprint density at radius 2 is 1.77 bits per heavy atom. The average Bonchev–Trinajstić information content (AvgIpc) is 2.95. The number of amides is 1. The quantitative estimate of drug-likeness (QED) is 0.757. The minimum Gasteiger partial charge on any atom is -0.496 e. The van der Waals surface area contributed by atoms with Gasteiger partial charge in [-0.15, -0.1) is 0 Å². The molecular formula is C19H20N2O5. The lowest BCUT2D eigenvalue weighted by Gasteiger charge is -2.13. The third kappa shape index (κ3) is 3.03. The molecule has 0 aliphatic rings. The molecule has 1 aromatic heterocycles. The normalized spacial score (nSPS) is 11.0. The highest BCUT2D eigenvalue weighted by atomic mass is 16.5. The summed E-state index contributed by atoms with van der Waals surface area (Å²) in [4.78, 5) is 24.7. The van der Waals surface area contributed by atoms with Gasteiger partial charge >= 0.3 is 5.76 Å². The summed E-state index contributed by atoms with van der Waals surface area (Å²) in [5.41, 5.74) is 1.88. The lowest BCUT2D eigenvalue weighted by atomic mass is 10.1.